The number of hydrogen-bond donors (Lipinski definition) is 1. The van der Waals surface area contributed by atoms with Gasteiger partial charge in [-0.15, -0.1) is 0 Å². The van der Waals surface area contributed by atoms with Crippen LogP contribution in [0.2, 0.25) is 0 Å². The molecule has 0 atom stereocenters. The number of nitro benzene ring substituents is 1. The Balaban J connectivity index is 2.21. The number of nitrogens with one attached hydrogen (secondary N) is 1. The fraction of sp³-hybridized carbons (Fsp3) is 0.176. The number of carbonyl (C=O) groups is 1. The van der Waals surface area contributed by atoms with Gasteiger partial charge in [0.2, 0.25) is 0 Å². The van der Waals surface area contributed by atoms with Gasteiger partial charge in [-0.25, -0.2) is 5.43 Å². The van der Waals surface area contributed by atoms with Gasteiger partial charge in [-0.2, -0.15) is 5.10 Å². The molecule has 0 aliphatic rings. The third-order valence-corrected chi connectivity index (χ3v) is 3.43. The van der Waals surface area contributed by atoms with E-state index in [2.05, 4.69) is 10.5 Å². The summed E-state index contributed by atoms with van der Waals surface area (Å²) in [5.74, 6) is 0.831. The molecule has 2 aromatic carbocycles. The minimum absolute atomic E-state index is 0.116. The molecule has 0 bridgehead atoms. The molecule has 9 nitrogen and oxygen atoms in total. The lowest BCUT2D eigenvalue weighted by Gasteiger charge is -2.12. The molecule has 1 N–H and O–H groups in total. The van der Waals surface area contributed by atoms with Crippen LogP contribution in [0.3, 0.4) is 0 Å². The predicted octanol–water partition coefficient (Wildman–Crippen LogP) is 2.38. The molecule has 0 unspecified atom stereocenters. The van der Waals surface area contributed by atoms with Gasteiger partial charge in [0.25, 0.3) is 11.6 Å². The molecule has 136 valence electrons. The molecule has 0 aromatic heterocycles. The Labute approximate surface area is 149 Å². The van der Waals surface area contributed by atoms with E-state index in [1.54, 1.807) is 12.1 Å². The summed E-state index contributed by atoms with van der Waals surface area (Å²) < 4.78 is 15.7. The fourth-order valence-corrected chi connectivity index (χ4v) is 2.14. The van der Waals surface area contributed by atoms with Crippen molar-refractivity contribution in [2.45, 2.75) is 0 Å². The Morgan fingerprint density at radius 1 is 1.12 bits per heavy atom. The molecule has 1 amide bonds. The lowest BCUT2D eigenvalue weighted by Crippen LogP contribution is -2.17. The molecule has 0 saturated heterocycles. The molecule has 0 aliphatic carbocycles. The van der Waals surface area contributed by atoms with E-state index in [1.807, 2.05) is 0 Å². The fourth-order valence-electron chi connectivity index (χ4n) is 2.14. The van der Waals surface area contributed by atoms with Gasteiger partial charge in [0.1, 0.15) is 17.2 Å². The van der Waals surface area contributed by atoms with Crippen molar-refractivity contribution < 1.29 is 23.9 Å². The zero-order valence-electron chi connectivity index (χ0n) is 14.4. The van der Waals surface area contributed by atoms with Crippen LogP contribution in [0.4, 0.5) is 5.69 Å². The summed E-state index contributed by atoms with van der Waals surface area (Å²) in [6, 6.07) is 8.63. The maximum absolute atomic E-state index is 12.1. The van der Waals surface area contributed by atoms with Crippen LogP contribution >= 0.6 is 0 Å². The number of benzene rings is 2. The maximum atomic E-state index is 12.1. The van der Waals surface area contributed by atoms with E-state index >= 15 is 0 Å². The number of hydrazone groups is 1. The molecule has 0 aliphatic heterocycles. The third kappa shape index (κ3) is 4.26. The van der Waals surface area contributed by atoms with Gasteiger partial charge in [-0.3, -0.25) is 14.9 Å². The van der Waals surface area contributed by atoms with Crippen molar-refractivity contribution in [1.82, 2.24) is 5.43 Å². The van der Waals surface area contributed by atoms with Crippen LogP contribution in [0.25, 0.3) is 0 Å². The summed E-state index contributed by atoms with van der Waals surface area (Å²) in [4.78, 5) is 22.3. The smallest absolute Gasteiger partial charge is 0.271 e. The number of nitrogens with zero attached hydrogens (tertiary/aromatic N) is 2. The Morgan fingerprint density at radius 2 is 1.77 bits per heavy atom. The predicted molar refractivity (Wildman–Crippen MR) is 94.3 cm³/mol. The van der Waals surface area contributed by atoms with Gasteiger partial charge < -0.3 is 14.2 Å². The minimum atomic E-state index is -0.587. The van der Waals surface area contributed by atoms with E-state index in [1.165, 1.54) is 51.8 Å². The summed E-state index contributed by atoms with van der Waals surface area (Å²) >= 11 is 0. The largest absolute Gasteiger partial charge is 0.496 e. The van der Waals surface area contributed by atoms with E-state index in [4.69, 9.17) is 14.2 Å². The van der Waals surface area contributed by atoms with E-state index in [9.17, 15) is 14.9 Å². The monoisotopic (exact) mass is 359 g/mol. The number of amides is 1. The Bertz CT molecular complexity index is 825. The van der Waals surface area contributed by atoms with Gasteiger partial charge >= 0.3 is 0 Å². The molecule has 0 fully saturated rings. The van der Waals surface area contributed by atoms with E-state index in [-0.39, 0.29) is 11.3 Å². The van der Waals surface area contributed by atoms with Gasteiger partial charge in [-0.1, -0.05) is 6.07 Å². The molecule has 0 radical (unpaired) electrons. The number of methoxy groups -OCH3 is 3. The number of carbonyl (C=O) groups excluding carboxylic acids is 1. The van der Waals surface area contributed by atoms with E-state index in [0.29, 0.717) is 22.8 Å². The normalized spacial score (nSPS) is 10.4. The molecule has 0 heterocycles. The molecule has 0 spiro atoms. The summed E-state index contributed by atoms with van der Waals surface area (Å²) in [6.45, 7) is 0. The van der Waals surface area contributed by atoms with Crippen molar-refractivity contribution in [3.63, 3.8) is 0 Å². The van der Waals surface area contributed by atoms with Crippen molar-refractivity contribution in [3.8, 4) is 17.2 Å². The Morgan fingerprint density at radius 3 is 2.31 bits per heavy atom. The number of ether oxygens (including phenoxy) is 3. The molecular weight excluding hydrogens is 342 g/mol. The molecule has 2 aromatic rings. The quantitative estimate of drug-likeness (QED) is 0.461. The number of rotatable bonds is 7. The first-order chi connectivity index (χ1) is 12.5. The first-order valence-electron chi connectivity index (χ1n) is 7.38. The second-order valence-electron chi connectivity index (χ2n) is 4.95. The van der Waals surface area contributed by atoms with E-state index < -0.39 is 10.8 Å². The molecule has 2 rings (SSSR count). The van der Waals surface area contributed by atoms with Crippen LogP contribution < -0.4 is 19.6 Å². The summed E-state index contributed by atoms with van der Waals surface area (Å²) in [5.41, 5.74) is 2.74. The molecule has 9 heteroatoms. The van der Waals surface area contributed by atoms with Gasteiger partial charge in [0.05, 0.1) is 38.0 Å². The summed E-state index contributed by atoms with van der Waals surface area (Å²) in [5, 5.41) is 14.6. The van der Waals surface area contributed by atoms with Crippen molar-refractivity contribution in [2.24, 2.45) is 5.10 Å². The van der Waals surface area contributed by atoms with Crippen molar-refractivity contribution >= 4 is 17.8 Å². The van der Waals surface area contributed by atoms with Crippen LogP contribution in [-0.2, 0) is 0 Å². The zero-order chi connectivity index (χ0) is 19.1. The summed E-state index contributed by atoms with van der Waals surface area (Å²) in [6.07, 6.45) is 1.35. The maximum Gasteiger partial charge on any atom is 0.271 e. The lowest BCUT2D eigenvalue weighted by molar-refractivity contribution is -0.384. The standard InChI is InChI=1S/C17H17N3O6/c1-24-13-8-15(25-2)14(16(9-13)26-3)10-18-19-17(21)11-5-4-6-12(7-11)20(22)23/h4-10H,1-3H3,(H,19,21)/b18-10-. The minimum Gasteiger partial charge on any atom is -0.496 e. The Kier molecular flexibility index (Phi) is 6.10. The first kappa shape index (κ1) is 18.7. The Hall–Kier alpha value is -3.62. The average molecular weight is 359 g/mol. The van der Waals surface area contributed by atoms with Crippen molar-refractivity contribution in [2.75, 3.05) is 21.3 Å². The number of non-ortho nitro benzene ring substituents is 1. The average Bonchev–Trinajstić information content (AvgIpc) is 2.67. The molecular formula is C17H17N3O6. The topological polar surface area (TPSA) is 112 Å². The van der Waals surface area contributed by atoms with Gasteiger partial charge in [-0.05, 0) is 6.07 Å². The van der Waals surface area contributed by atoms with E-state index in [0.717, 1.165) is 0 Å². The lowest BCUT2D eigenvalue weighted by atomic mass is 10.2. The van der Waals surface area contributed by atoms with Crippen LogP contribution in [-0.4, -0.2) is 38.4 Å². The second kappa shape index (κ2) is 8.47. The molecule has 0 saturated carbocycles. The highest BCUT2D eigenvalue weighted by Gasteiger charge is 2.13. The van der Waals surface area contributed by atoms with Gasteiger partial charge in [0, 0.05) is 29.8 Å². The SMILES string of the molecule is COc1cc(OC)c(/C=N\NC(=O)c2cccc([N+](=O)[O-])c2)c(OC)c1. The third-order valence-electron chi connectivity index (χ3n) is 3.43. The zero-order valence-corrected chi connectivity index (χ0v) is 14.4. The van der Waals surface area contributed by atoms with Crippen molar-refractivity contribution in [1.29, 1.82) is 0 Å². The van der Waals surface area contributed by atoms with Crippen LogP contribution in [0, 0.1) is 10.1 Å². The second-order valence-corrected chi connectivity index (χ2v) is 4.95. The van der Waals surface area contributed by atoms with Crippen molar-refractivity contribution in [3.05, 3.63) is 57.6 Å². The number of nitro groups is 1. The molecule has 26 heavy (non-hydrogen) atoms. The highest BCUT2D eigenvalue weighted by molar-refractivity contribution is 5.96. The first-order valence-corrected chi connectivity index (χ1v) is 7.38. The van der Waals surface area contributed by atoms with Crippen LogP contribution in [0.5, 0.6) is 17.2 Å². The highest BCUT2D eigenvalue weighted by Crippen LogP contribution is 2.32. The number of hydrogen-bond acceptors (Lipinski definition) is 7. The van der Waals surface area contributed by atoms with Crippen LogP contribution in [0.15, 0.2) is 41.5 Å². The summed E-state index contributed by atoms with van der Waals surface area (Å²) in [7, 11) is 4.47. The van der Waals surface area contributed by atoms with Gasteiger partial charge in [0.15, 0.2) is 0 Å². The van der Waals surface area contributed by atoms with Crippen LogP contribution in [0.1, 0.15) is 15.9 Å². The highest BCUT2D eigenvalue weighted by atomic mass is 16.6.